The first-order valence-electron chi connectivity index (χ1n) is 14.2. The van der Waals surface area contributed by atoms with Crippen LogP contribution in [0.4, 0.5) is 0 Å². The summed E-state index contributed by atoms with van der Waals surface area (Å²) in [6.45, 7) is 0.554. The molecule has 4 unspecified atom stereocenters. The van der Waals surface area contributed by atoms with Gasteiger partial charge in [0.25, 0.3) is 0 Å². The van der Waals surface area contributed by atoms with E-state index in [1.807, 2.05) is 0 Å². The Morgan fingerprint density at radius 3 is 2.52 bits per heavy atom. The lowest BCUT2D eigenvalue weighted by atomic mass is 9.72. The van der Waals surface area contributed by atoms with E-state index >= 15 is 0 Å². The molecule has 0 bridgehead atoms. The van der Waals surface area contributed by atoms with Crippen molar-refractivity contribution in [2.45, 2.75) is 62.4 Å². The zero-order chi connectivity index (χ0) is 32.2. The highest BCUT2D eigenvalue weighted by molar-refractivity contribution is 6.31. The number of Topliss-reactive ketones (excluding diaryl/α,β-unsaturated/α-hetero) is 1. The van der Waals surface area contributed by atoms with Crippen LogP contribution in [0, 0.1) is 0 Å². The summed E-state index contributed by atoms with van der Waals surface area (Å²) in [4.78, 5) is 40.2. The Morgan fingerprint density at radius 2 is 1.85 bits per heavy atom. The number of aliphatic hydroxyl groups is 3. The molecule has 15 heteroatoms. The minimum absolute atomic E-state index is 0. The Kier molecular flexibility index (Phi) is 9.05. The molecule has 2 aliphatic carbocycles. The van der Waals surface area contributed by atoms with Gasteiger partial charge in [0.2, 0.25) is 11.7 Å². The summed E-state index contributed by atoms with van der Waals surface area (Å²) < 4.78 is 27.8. The molecule has 0 aromatic heterocycles. The van der Waals surface area contributed by atoms with E-state index in [-0.39, 0.29) is 52.7 Å². The summed E-state index contributed by atoms with van der Waals surface area (Å²) in [7, 11) is 1.32. The number of benzene rings is 2. The average Bonchev–Trinajstić information content (AvgIpc) is 3.03. The average molecular weight is 662 g/mol. The largest absolute Gasteiger partial charge is 0.507 e. The first kappa shape index (κ1) is 33.2. The number of ether oxygens (including phenoxy) is 5. The molecular formula is C31H32ClNO13. The number of aromatic hydroxyl groups is 2. The van der Waals surface area contributed by atoms with Gasteiger partial charge in [0.05, 0.1) is 42.0 Å². The van der Waals surface area contributed by atoms with E-state index in [1.54, 1.807) is 6.92 Å². The molecule has 1 saturated heterocycles. The van der Waals surface area contributed by atoms with Gasteiger partial charge in [0, 0.05) is 36.0 Å². The number of hydrogen-bond donors (Lipinski definition) is 6. The molecule has 0 spiro atoms. The molecule has 46 heavy (non-hydrogen) atoms. The Bertz CT molecular complexity index is 1660. The van der Waals surface area contributed by atoms with Crippen LogP contribution in [0.2, 0.25) is 0 Å². The van der Waals surface area contributed by atoms with Gasteiger partial charge in [0.15, 0.2) is 24.1 Å². The van der Waals surface area contributed by atoms with Crippen LogP contribution in [0.25, 0.3) is 0 Å². The molecule has 1 fully saturated rings. The number of phenols is 2. The van der Waals surface area contributed by atoms with Crippen LogP contribution in [0.1, 0.15) is 68.8 Å². The first-order chi connectivity index (χ1) is 21.5. The van der Waals surface area contributed by atoms with Crippen LogP contribution < -0.4 is 10.1 Å². The van der Waals surface area contributed by atoms with Crippen molar-refractivity contribution in [1.29, 1.82) is 0 Å². The number of hydrogen-bond acceptors (Lipinski definition) is 14. The van der Waals surface area contributed by atoms with Gasteiger partial charge in [-0.15, -0.1) is 12.4 Å². The standard InChI is InChI=1S/C31H31NO13.ClH/c1-13-26(35)16(32-20-12-42-6-7-43-20)8-21(44-13)45-18-10-31(40,19(34)11-33)9-15-23(18)30(39)25-24(28(15)37)27(36)14-4-3-5-17(41-2)22(14)29(25)38;/h3-7,12-13,16,18,21,26,32-33,35,37,39-40H,8-11H2,1-2H3;1H/t13?,16?,18-,21?,26?,31-;/m0./s1. The lowest BCUT2D eigenvalue weighted by Crippen LogP contribution is -2.54. The van der Waals surface area contributed by atoms with Gasteiger partial charge in [0.1, 0.15) is 48.1 Å². The highest BCUT2D eigenvalue weighted by Gasteiger charge is 2.50. The summed E-state index contributed by atoms with van der Waals surface area (Å²) in [6.07, 6.45) is -1.56. The van der Waals surface area contributed by atoms with Crippen LogP contribution in [-0.2, 0) is 30.2 Å². The highest BCUT2D eigenvalue weighted by Crippen LogP contribution is 2.52. The molecule has 0 amide bonds. The SMILES string of the molecule is COc1cccc2c1C(=O)c1c(O)c3c(c(O)c1C2=O)C[C@@](O)(C(=O)CO)C[C@@H]3OC1CC(NC2=COC=CO2)C(O)C(C)O1.Cl. The molecule has 14 nitrogen and oxygen atoms in total. The lowest BCUT2D eigenvalue weighted by Gasteiger charge is -2.43. The lowest BCUT2D eigenvalue weighted by molar-refractivity contribution is -0.249. The second-order valence-corrected chi connectivity index (χ2v) is 11.3. The number of fused-ring (bicyclic) bond motifs is 3. The van der Waals surface area contributed by atoms with Gasteiger partial charge >= 0.3 is 0 Å². The van der Waals surface area contributed by atoms with Crippen molar-refractivity contribution in [3.05, 3.63) is 76.2 Å². The third-order valence-electron chi connectivity index (χ3n) is 8.59. The van der Waals surface area contributed by atoms with Gasteiger partial charge in [-0.25, -0.2) is 0 Å². The number of methoxy groups -OCH3 is 1. The minimum atomic E-state index is -2.28. The molecule has 246 valence electrons. The normalized spacial score (nSPS) is 27.9. The third kappa shape index (κ3) is 5.36. The maximum atomic E-state index is 13.8. The summed E-state index contributed by atoms with van der Waals surface area (Å²) in [5.74, 6) is -3.66. The van der Waals surface area contributed by atoms with Crippen LogP contribution in [0.3, 0.4) is 0 Å². The number of carbonyl (C=O) groups excluding carboxylic acids is 3. The molecule has 4 aliphatic rings. The van der Waals surface area contributed by atoms with Gasteiger partial charge in [-0.3, -0.25) is 14.4 Å². The molecule has 2 aliphatic heterocycles. The number of nitrogens with one attached hydrogen (secondary N) is 1. The topological polar surface area (TPSA) is 211 Å². The third-order valence-corrected chi connectivity index (χ3v) is 8.59. The molecule has 2 aromatic rings. The number of halogens is 1. The van der Waals surface area contributed by atoms with E-state index < -0.39 is 95.7 Å². The number of aliphatic hydroxyl groups excluding tert-OH is 2. The van der Waals surface area contributed by atoms with Crippen molar-refractivity contribution in [3.63, 3.8) is 0 Å². The van der Waals surface area contributed by atoms with Crippen LogP contribution in [0.15, 0.2) is 42.9 Å². The van der Waals surface area contributed by atoms with Crippen LogP contribution in [0.5, 0.6) is 17.2 Å². The summed E-state index contributed by atoms with van der Waals surface area (Å²) in [5, 5.41) is 58.0. The smallest absolute Gasteiger partial charge is 0.228 e. The van der Waals surface area contributed by atoms with Gasteiger partial charge in [-0.2, -0.15) is 0 Å². The number of rotatable bonds is 7. The zero-order valence-electron chi connectivity index (χ0n) is 24.6. The Morgan fingerprint density at radius 1 is 1.11 bits per heavy atom. The number of carbonyl (C=O) groups is 3. The zero-order valence-corrected chi connectivity index (χ0v) is 25.4. The van der Waals surface area contributed by atoms with Gasteiger partial charge < -0.3 is 54.5 Å². The van der Waals surface area contributed by atoms with Crippen molar-refractivity contribution in [1.82, 2.24) is 5.32 Å². The van der Waals surface area contributed by atoms with E-state index in [9.17, 15) is 39.9 Å². The maximum Gasteiger partial charge on any atom is 0.228 e. The predicted octanol–water partition coefficient (Wildman–Crippen LogP) is 1.37. The quantitative estimate of drug-likeness (QED) is 0.198. The Balaban J connectivity index is 0.00000417. The molecule has 0 saturated carbocycles. The summed E-state index contributed by atoms with van der Waals surface area (Å²) in [6, 6.07) is 3.66. The van der Waals surface area contributed by atoms with E-state index in [0.29, 0.717) is 0 Å². The second kappa shape index (κ2) is 12.5. The first-order valence-corrected chi connectivity index (χ1v) is 14.2. The van der Waals surface area contributed by atoms with Crippen molar-refractivity contribution < 1.29 is 63.6 Å². The van der Waals surface area contributed by atoms with Crippen molar-refractivity contribution >= 4 is 29.8 Å². The highest BCUT2D eigenvalue weighted by atomic mass is 35.5. The van der Waals surface area contributed by atoms with E-state index in [1.165, 1.54) is 44.1 Å². The molecule has 2 aromatic carbocycles. The van der Waals surface area contributed by atoms with Gasteiger partial charge in [-0.1, -0.05) is 12.1 Å². The molecule has 0 radical (unpaired) electrons. The van der Waals surface area contributed by atoms with Crippen molar-refractivity contribution in [3.8, 4) is 17.2 Å². The van der Waals surface area contributed by atoms with Crippen LogP contribution in [-0.4, -0.2) is 86.7 Å². The van der Waals surface area contributed by atoms with Crippen molar-refractivity contribution in [2.75, 3.05) is 13.7 Å². The molecule has 6 N–H and O–H groups in total. The van der Waals surface area contributed by atoms with E-state index in [4.69, 9.17) is 23.7 Å². The second-order valence-electron chi connectivity index (χ2n) is 11.3. The van der Waals surface area contributed by atoms with Gasteiger partial charge in [-0.05, 0) is 13.0 Å². The molecular weight excluding hydrogens is 630 g/mol. The summed E-state index contributed by atoms with van der Waals surface area (Å²) in [5.41, 5.74) is -3.77. The fourth-order valence-corrected chi connectivity index (χ4v) is 6.37. The number of ketones is 3. The molecule has 6 atom stereocenters. The fraction of sp³-hybridized carbons (Fsp3) is 0.387. The maximum absolute atomic E-state index is 13.8. The van der Waals surface area contributed by atoms with Crippen LogP contribution >= 0.6 is 12.4 Å². The van der Waals surface area contributed by atoms with E-state index in [0.717, 1.165) is 0 Å². The Labute approximate surface area is 268 Å². The van der Waals surface area contributed by atoms with Crippen molar-refractivity contribution in [2.24, 2.45) is 0 Å². The molecule has 2 heterocycles. The molecule has 6 rings (SSSR count). The Hall–Kier alpha value is -4.18. The predicted molar refractivity (Wildman–Crippen MR) is 157 cm³/mol. The van der Waals surface area contributed by atoms with E-state index in [2.05, 4.69) is 5.32 Å². The number of phenolic OH excluding ortho intramolecular Hbond substituents is 2. The monoisotopic (exact) mass is 661 g/mol. The fourth-order valence-electron chi connectivity index (χ4n) is 6.37. The summed E-state index contributed by atoms with van der Waals surface area (Å²) >= 11 is 0. The minimum Gasteiger partial charge on any atom is -0.507 e.